The highest BCUT2D eigenvalue weighted by Crippen LogP contribution is 2.31. The van der Waals surface area contributed by atoms with Gasteiger partial charge in [-0.2, -0.15) is 0 Å². The molecule has 1 N–H and O–H groups in total. The molecule has 1 aliphatic rings. The monoisotopic (exact) mass is 217 g/mol. The van der Waals surface area contributed by atoms with Crippen molar-refractivity contribution in [3.63, 3.8) is 0 Å². The fourth-order valence-corrected chi connectivity index (χ4v) is 2.93. The maximum absolute atomic E-state index is 3.67. The van der Waals surface area contributed by atoms with Gasteiger partial charge in [0.1, 0.15) is 0 Å². The number of nitrogens with one attached hydrogen (secondary N) is 1. The fraction of sp³-hybridized carbons (Fsp3) is 0.600. The highest BCUT2D eigenvalue weighted by Gasteiger charge is 2.22. The van der Waals surface area contributed by atoms with Crippen LogP contribution < -0.4 is 5.32 Å². The lowest BCUT2D eigenvalue weighted by atomic mass is 9.85. The maximum Gasteiger partial charge on any atom is 0.0328 e. The van der Waals surface area contributed by atoms with Gasteiger partial charge in [-0.1, -0.05) is 31.5 Å². The van der Waals surface area contributed by atoms with Crippen LogP contribution in [0.5, 0.6) is 0 Å². The van der Waals surface area contributed by atoms with Crippen LogP contribution in [0.15, 0.2) is 12.1 Å². The highest BCUT2D eigenvalue weighted by molar-refractivity contribution is 5.42. The summed E-state index contributed by atoms with van der Waals surface area (Å²) in [6.07, 6.45) is 2.43. The highest BCUT2D eigenvalue weighted by atomic mass is 14.9. The second kappa shape index (κ2) is 4.58. The van der Waals surface area contributed by atoms with Crippen molar-refractivity contribution in [2.45, 2.75) is 46.6 Å². The van der Waals surface area contributed by atoms with Crippen molar-refractivity contribution in [1.29, 1.82) is 0 Å². The van der Waals surface area contributed by atoms with Crippen LogP contribution >= 0.6 is 0 Å². The zero-order valence-corrected chi connectivity index (χ0v) is 10.9. The van der Waals surface area contributed by atoms with Gasteiger partial charge in [0.25, 0.3) is 0 Å². The van der Waals surface area contributed by atoms with Crippen LogP contribution in [0.4, 0.5) is 0 Å². The van der Waals surface area contributed by atoms with E-state index in [9.17, 15) is 0 Å². The summed E-state index contributed by atoms with van der Waals surface area (Å²) in [6, 6.07) is 5.26. The van der Waals surface area contributed by atoms with Crippen molar-refractivity contribution >= 4 is 0 Å². The van der Waals surface area contributed by atoms with Crippen LogP contribution in [0.3, 0.4) is 0 Å². The summed E-state index contributed by atoms with van der Waals surface area (Å²) in [4.78, 5) is 0. The molecule has 0 spiro atoms. The Hall–Kier alpha value is -0.820. The molecule has 1 aromatic rings. The lowest BCUT2D eigenvalue weighted by Crippen LogP contribution is -2.31. The van der Waals surface area contributed by atoms with Gasteiger partial charge in [0.05, 0.1) is 0 Å². The van der Waals surface area contributed by atoms with Gasteiger partial charge < -0.3 is 5.32 Å². The molecule has 1 atom stereocenters. The van der Waals surface area contributed by atoms with Gasteiger partial charge in [0.2, 0.25) is 0 Å². The second-order valence-electron chi connectivity index (χ2n) is 5.54. The molecule has 0 saturated heterocycles. The van der Waals surface area contributed by atoms with E-state index in [1.807, 2.05) is 0 Å². The summed E-state index contributed by atoms with van der Waals surface area (Å²) in [5.74, 6) is 0.754. The predicted octanol–water partition coefficient (Wildman–Crippen LogP) is 3.54. The van der Waals surface area contributed by atoms with Gasteiger partial charge in [-0.3, -0.25) is 0 Å². The second-order valence-corrected chi connectivity index (χ2v) is 5.54. The van der Waals surface area contributed by atoms with Crippen LogP contribution in [0, 0.1) is 19.8 Å². The zero-order valence-electron chi connectivity index (χ0n) is 10.9. The average Bonchev–Trinajstić information content (AvgIpc) is 2.15. The molecule has 0 aliphatic carbocycles. The summed E-state index contributed by atoms with van der Waals surface area (Å²) in [7, 11) is 0. The van der Waals surface area contributed by atoms with Gasteiger partial charge in [0, 0.05) is 6.04 Å². The summed E-state index contributed by atoms with van der Waals surface area (Å²) < 4.78 is 0. The molecular weight excluding hydrogens is 194 g/mol. The summed E-state index contributed by atoms with van der Waals surface area (Å²) in [5.41, 5.74) is 6.02. The van der Waals surface area contributed by atoms with E-state index in [2.05, 4.69) is 45.1 Å². The van der Waals surface area contributed by atoms with E-state index in [-0.39, 0.29) is 0 Å². The number of benzene rings is 1. The largest absolute Gasteiger partial charge is 0.310 e. The quantitative estimate of drug-likeness (QED) is 0.799. The third-order valence-corrected chi connectivity index (χ3v) is 3.46. The number of hydrogen-bond acceptors (Lipinski definition) is 1. The van der Waals surface area contributed by atoms with E-state index in [0.717, 1.165) is 12.5 Å². The lowest BCUT2D eigenvalue weighted by Gasteiger charge is -2.30. The molecule has 0 aromatic heterocycles. The molecule has 88 valence electrons. The van der Waals surface area contributed by atoms with Crippen molar-refractivity contribution in [3.8, 4) is 0 Å². The minimum Gasteiger partial charge on any atom is -0.310 e. The fourth-order valence-electron chi connectivity index (χ4n) is 2.93. The Balaban J connectivity index is 2.37. The van der Waals surface area contributed by atoms with Gasteiger partial charge in [-0.05, 0) is 55.8 Å². The molecule has 0 fully saturated rings. The van der Waals surface area contributed by atoms with Gasteiger partial charge in [-0.15, -0.1) is 0 Å². The molecule has 0 bridgehead atoms. The third kappa shape index (κ3) is 2.30. The molecule has 1 aromatic carbocycles. The average molecular weight is 217 g/mol. The van der Waals surface area contributed by atoms with Gasteiger partial charge >= 0.3 is 0 Å². The third-order valence-electron chi connectivity index (χ3n) is 3.46. The molecule has 16 heavy (non-hydrogen) atoms. The molecule has 0 amide bonds. The number of rotatable bonds is 2. The molecular formula is C15H23N. The molecule has 0 saturated carbocycles. The minimum absolute atomic E-state index is 0.573. The van der Waals surface area contributed by atoms with Crippen LogP contribution in [-0.2, 0) is 6.42 Å². The predicted molar refractivity (Wildman–Crippen MR) is 69.8 cm³/mol. The molecule has 1 aliphatic heterocycles. The Kier molecular flexibility index (Phi) is 3.34. The van der Waals surface area contributed by atoms with Crippen molar-refractivity contribution in [2.75, 3.05) is 6.54 Å². The van der Waals surface area contributed by atoms with Gasteiger partial charge in [0.15, 0.2) is 0 Å². The lowest BCUT2D eigenvalue weighted by molar-refractivity contribution is 0.413. The van der Waals surface area contributed by atoms with E-state index in [1.165, 1.54) is 24.0 Å². The Morgan fingerprint density at radius 2 is 2.06 bits per heavy atom. The summed E-state index contributed by atoms with van der Waals surface area (Å²) in [5, 5.41) is 3.67. The topological polar surface area (TPSA) is 12.0 Å². The number of fused-ring (bicyclic) bond motifs is 1. The standard InChI is InChI=1S/C15H23N/c1-10(2)7-14-15-12(4)8-11(3)9-13(15)5-6-16-14/h8-10,14,16H,5-7H2,1-4H3. The van der Waals surface area contributed by atoms with Crippen LogP contribution in [0.2, 0.25) is 0 Å². The molecule has 1 heterocycles. The molecule has 1 unspecified atom stereocenters. The van der Waals surface area contributed by atoms with E-state index >= 15 is 0 Å². The molecule has 1 heteroatoms. The normalized spacial score (nSPS) is 19.9. The first kappa shape index (κ1) is 11.7. The molecule has 0 radical (unpaired) electrons. The van der Waals surface area contributed by atoms with E-state index in [4.69, 9.17) is 0 Å². The SMILES string of the molecule is Cc1cc(C)c2c(c1)CCNC2CC(C)C. The van der Waals surface area contributed by atoms with Crippen molar-refractivity contribution < 1.29 is 0 Å². The minimum atomic E-state index is 0.573. The Morgan fingerprint density at radius 3 is 2.75 bits per heavy atom. The Morgan fingerprint density at radius 1 is 1.31 bits per heavy atom. The number of aryl methyl sites for hydroxylation is 2. The van der Waals surface area contributed by atoms with Crippen molar-refractivity contribution in [1.82, 2.24) is 5.32 Å². The first-order valence-electron chi connectivity index (χ1n) is 6.41. The van der Waals surface area contributed by atoms with E-state index in [1.54, 1.807) is 11.1 Å². The number of hydrogen-bond donors (Lipinski definition) is 1. The summed E-state index contributed by atoms with van der Waals surface area (Å²) >= 11 is 0. The van der Waals surface area contributed by atoms with Crippen molar-refractivity contribution in [2.24, 2.45) is 5.92 Å². The van der Waals surface area contributed by atoms with Crippen LogP contribution in [-0.4, -0.2) is 6.54 Å². The molecule has 1 nitrogen and oxygen atoms in total. The smallest absolute Gasteiger partial charge is 0.0328 e. The zero-order chi connectivity index (χ0) is 11.7. The van der Waals surface area contributed by atoms with Crippen LogP contribution in [0.25, 0.3) is 0 Å². The van der Waals surface area contributed by atoms with Gasteiger partial charge in [-0.25, -0.2) is 0 Å². The van der Waals surface area contributed by atoms with Crippen LogP contribution in [0.1, 0.15) is 48.6 Å². The Labute approximate surface area is 99.3 Å². The first-order chi connectivity index (χ1) is 7.58. The first-order valence-corrected chi connectivity index (χ1v) is 6.41. The van der Waals surface area contributed by atoms with E-state index in [0.29, 0.717) is 6.04 Å². The van der Waals surface area contributed by atoms with Crippen molar-refractivity contribution in [3.05, 3.63) is 34.4 Å². The van der Waals surface area contributed by atoms with E-state index < -0.39 is 0 Å². The maximum atomic E-state index is 3.67. The molecule has 2 rings (SSSR count). The Bertz CT molecular complexity index is 379. The summed E-state index contributed by atoms with van der Waals surface area (Å²) in [6.45, 7) is 10.2.